The molecule has 1 aromatic carbocycles. The van der Waals surface area contributed by atoms with E-state index in [1.165, 1.54) is 0 Å². The Labute approximate surface area is 133 Å². The SMILES string of the molecule is C[SiH](C)[Zr]([Cl])([Cl])([CH](O)CC(N)=O)[CH]1C=Cc2ccccc21. The molecular formula is C14H20Cl2NO2SiZr. The van der Waals surface area contributed by atoms with Crippen LogP contribution in [0.4, 0.5) is 0 Å². The number of amides is 1. The van der Waals surface area contributed by atoms with Crippen molar-refractivity contribution in [3.8, 4) is 0 Å². The van der Waals surface area contributed by atoms with Crippen LogP contribution >= 0.6 is 17.0 Å². The number of nitrogens with two attached hydrogens (primary N) is 1. The molecular weight excluding hydrogens is 404 g/mol. The molecule has 115 valence electrons. The van der Waals surface area contributed by atoms with E-state index in [1.807, 2.05) is 36.4 Å². The van der Waals surface area contributed by atoms with Gasteiger partial charge in [-0.15, -0.1) is 0 Å². The second kappa shape index (κ2) is 5.93. The van der Waals surface area contributed by atoms with Crippen LogP contribution in [0.25, 0.3) is 6.08 Å². The van der Waals surface area contributed by atoms with Crippen LogP contribution < -0.4 is 5.73 Å². The normalized spacial score (nSPS) is 20.9. The Kier molecular flexibility index (Phi) is 4.92. The van der Waals surface area contributed by atoms with Gasteiger partial charge < -0.3 is 0 Å². The summed E-state index contributed by atoms with van der Waals surface area (Å²) in [6.45, 7) is 4.12. The molecule has 1 aliphatic carbocycles. The average Bonchev–Trinajstić information content (AvgIpc) is 2.82. The van der Waals surface area contributed by atoms with Gasteiger partial charge in [0.05, 0.1) is 0 Å². The molecule has 0 saturated carbocycles. The Morgan fingerprint density at radius 3 is 2.62 bits per heavy atom. The fourth-order valence-corrected chi connectivity index (χ4v) is 26.8. The van der Waals surface area contributed by atoms with Crippen molar-refractivity contribution in [3.63, 3.8) is 0 Å². The average molecular weight is 425 g/mol. The molecule has 3 nitrogen and oxygen atoms in total. The van der Waals surface area contributed by atoms with E-state index < -0.39 is 31.2 Å². The molecule has 0 aliphatic heterocycles. The third kappa shape index (κ3) is 2.84. The molecule has 0 radical (unpaired) electrons. The summed E-state index contributed by atoms with van der Waals surface area (Å²) in [5, 5.41) is 10.7. The summed E-state index contributed by atoms with van der Waals surface area (Å²) in [5.74, 6) is -2.17. The van der Waals surface area contributed by atoms with Crippen LogP contribution in [0.1, 0.15) is 21.2 Å². The van der Waals surface area contributed by atoms with E-state index in [0.717, 1.165) is 11.1 Å². The number of hydrogen-bond acceptors (Lipinski definition) is 2. The van der Waals surface area contributed by atoms with Gasteiger partial charge in [-0.25, -0.2) is 0 Å². The summed E-state index contributed by atoms with van der Waals surface area (Å²) in [5.41, 5.74) is 7.41. The Morgan fingerprint density at radius 2 is 2.05 bits per heavy atom. The van der Waals surface area contributed by atoms with E-state index in [0.29, 0.717) is 0 Å². The molecule has 0 bridgehead atoms. The van der Waals surface area contributed by atoms with Gasteiger partial charge in [0.2, 0.25) is 0 Å². The van der Waals surface area contributed by atoms with Gasteiger partial charge in [0.15, 0.2) is 0 Å². The van der Waals surface area contributed by atoms with Crippen LogP contribution in [0.3, 0.4) is 0 Å². The van der Waals surface area contributed by atoms with Crippen LogP contribution in [-0.4, -0.2) is 20.7 Å². The van der Waals surface area contributed by atoms with Gasteiger partial charge in [0.1, 0.15) is 0 Å². The van der Waals surface area contributed by atoms with Crippen molar-refractivity contribution in [3.05, 3.63) is 41.5 Å². The molecule has 0 fully saturated rings. The van der Waals surface area contributed by atoms with E-state index >= 15 is 0 Å². The summed E-state index contributed by atoms with van der Waals surface area (Å²) in [4.78, 5) is 11.3. The summed E-state index contributed by atoms with van der Waals surface area (Å²) < 4.78 is -1.15. The number of allylic oxidation sites excluding steroid dienone is 1. The van der Waals surface area contributed by atoms with Crippen molar-refractivity contribution in [1.82, 2.24) is 0 Å². The van der Waals surface area contributed by atoms with Crippen molar-refractivity contribution < 1.29 is 25.5 Å². The summed E-state index contributed by atoms with van der Waals surface area (Å²) in [7, 11) is 14.2. The minimum absolute atomic E-state index is 0.146. The number of carbonyl (C=O) groups is 1. The predicted octanol–water partition coefficient (Wildman–Crippen LogP) is 2.93. The van der Waals surface area contributed by atoms with Crippen LogP contribution in [0.2, 0.25) is 13.1 Å². The number of aliphatic hydroxyl groups is 1. The van der Waals surface area contributed by atoms with Gasteiger partial charge in [-0.3, -0.25) is 0 Å². The summed E-state index contributed by atoms with van der Waals surface area (Å²) in [6, 6.07) is 7.93. The number of carbonyl (C=O) groups excluding carboxylic acids is 1. The third-order valence-corrected chi connectivity index (χ3v) is 56.4. The van der Waals surface area contributed by atoms with Gasteiger partial charge in [-0.2, -0.15) is 0 Å². The molecule has 2 unspecified atom stereocenters. The van der Waals surface area contributed by atoms with Crippen LogP contribution in [-0.2, 0) is 20.4 Å². The summed E-state index contributed by atoms with van der Waals surface area (Å²) >= 11 is -4.62. The Hall–Kier alpha value is 0.0700. The first kappa shape index (κ1) is 17.4. The Bertz CT molecular complexity index is 606. The van der Waals surface area contributed by atoms with Crippen molar-refractivity contribution >= 4 is 34.9 Å². The van der Waals surface area contributed by atoms with Crippen LogP contribution in [0.5, 0.6) is 0 Å². The molecule has 0 spiro atoms. The summed E-state index contributed by atoms with van der Waals surface area (Å²) in [6.07, 6.45) is 3.86. The Balaban J connectivity index is 2.54. The molecule has 21 heavy (non-hydrogen) atoms. The third-order valence-electron chi connectivity index (χ3n) is 4.53. The van der Waals surface area contributed by atoms with Crippen LogP contribution in [0, 0.1) is 0 Å². The first-order valence-corrected chi connectivity index (χ1v) is 23.3. The van der Waals surface area contributed by atoms with Gasteiger partial charge in [-0.05, 0) is 0 Å². The minimum atomic E-state index is -4.62. The number of halogens is 2. The van der Waals surface area contributed by atoms with Gasteiger partial charge in [0.25, 0.3) is 0 Å². The second-order valence-corrected chi connectivity index (χ2v) is 48.9. The number of rotatable bonds is 5. The molecule has 1 aromatic rings. The monoisotopic (exact) mass is 422 g/mol. The van der Waals surface area contributed by atoms with Crippen molar-refractivity contribution in [2.75, 3.05) is 0 Å². The number of aliphatic hydroxyl groups excluding tert-OH is 1. The number of benzene rings is 1. The van der Waals surface area contributed by atoms with Crippen molar-refractivity contribution in [2.24, 2.45) is 5.73 Å². The molecule has 7 heteroatoms. The van der Waals surface area contributed by atoms with E-state index in [2.05, 4.69) is 13.1 Å². The van der Waals surface area contributed by atoms with Crippen LogP contribution in [0.15, 0.2) is 30.3 Å². The molecule has 0 heterocycles. The number of fused-ring (bicyclic) bond motifs is 1. The molecule has 1 amide bonds. The molecule has 3 N–H and O–H groups in total. The second-order valence-electron chi connectivity index (χ2n) is 6.03. The zero-order valence-corrected chi connectivity index (χ0v) is 17.2. The molecule has 0 saturated heterocycles. The van der Waals surface area contributed by atoms with Crippen molar-refractivity contribution in [1.29, 1.82) is 0 Å². The number of hydrogen-bond donors (Lipinski definition) is 2. The fourth-order valence-electron chi connectivity index (χ4n) is 3.07. The maximum atomic E-state index is 11.3. The molecule has 0 aromatic heterocycles. The first-order valence-electron chi connectivity index (χ1n) is 6.98. The first-order chi connectivity index (χ1) is 9.67. The molecule has 1 aliphatic rings. The van der Waals surface area contributed by atoms with Gasteiger partial charge in [-0.1, -0.05) is 0 Å². The van der Waals surface area contributed by atoms with E-state index in [1.54, 1.807) is 0 Å². The van der Waals surface area contributed by atoms with Crippen molar-refractivity contribution in [2.45, 2.75) is 27.0 Å². The zero-order valence-electron chi connectivity index (χ0n) is 12.1. The maximum absolute atomic E-state index is 11.3. The predicted molar refractivity (Wildman–Crippen MR) is 88.6 cm³/mol. The number of primary amides is 1. The molecule has 2 atom stereocenters. The van der Waals surface area contributed by atoms with E-state index in [-0.39, 0.29) is 10.0 Å². The van der Waals surface area contributed by atoms with Gasteiger partial charge >= 0.3 is 135 Å². The Morgan fingerprint density at radius 1 is 1.43 bits per heavy atom. The topological polar surface area (TPSA) is 63.3 Å². The molecule has 2 rings (SSSR count). The van der Waals surface area contributed by atoms with E-state index in [4.69, 9.17) is 22.8 Å². The zero-order chi connectivity index (χ0) is 15.9. The quantitative estimate of drug-likeness (QED) is 0.714. The standard InChI is InChI=1S/C9H7.C3H6NO2.C2H7Si.2ClH.Zr/c1-2-5-9-7-3-6-8(9)4-1;4-3(6)1-2-5;1-3-2;;;/h1-7H;2,5H,1H2,(H2,4,6);3H,1-2H3;2*1H;/q;;;;;+2/p-2. The fraction of sp³-hybridized carbons (Fsp3) is 0.357. The van der Waals surface area contributed by atoms with E-state index in [9.17, 15) is 9.90 Å². The van der Waals surface area contributed by atoms with Gasteiger partial charge in [0, 0.05) is 0 Å².